The average Bonchev–Trinajstić information content (AvgIpc) is 2.94. The van der Waals surface area contributed by atoms with Crippen molar-refractivity contribution in [3.8, 4) is 0 Å². The van der Waals surface area contributed by atoms with Crippen molar-refractivity contribution in [2.24, 2.45) is 0 Å². The lowest BCUT2D eigenvalue weighted by Gasteiger charge is -2.10. The molecule has 0 aliphatic rings. The van der Waals surface area contributed by atoms with Crippen LogP contribution in [0.15, 0.2) is 27.3 Å². The third-order valence-electron chi connectivity index (χ3n) is 2.66. The molecular weight excluding hydrogens is 470 g/mol. The van der Waals surface area contributed by atoms with Crippen LogP contribution in [0.4, 0.5) is 11.4 Å². The smallest absolute Gasteiger partial charge is 0.350 e. The third-order valence-corrected chi connectivity index (χ3v) is 4.80. The fourth-order valence-electron chi connectivity index (χ4n) is 1.62. The molecule has 0 aliphatic heterocycles. The predicted molar refractivity (Wildman–Crippen MR) is 94.3 cm³/mol. The van der Waals surface area contributed by atoms with Gasteiger partial charge in [0.2, 0.25) is 0 Å². The first kappa shape index (κ1) is 18.5. The molecule has 0 bridgehead atoms. The lowest BCUT2D eigenvalue weighted by Crippen LogP contribution is -2.21. The number of hydrogen-bond acceptors (Lipinski definition) is 7. The minimum absolute atomic E-state index is 0.140. The summed E-state index contributed by atoms with van der Waals surface area (Å²) in [6.07, 6.45) is 1.38. The van der Waals surface area contributed by atoms with Crippen molar-refractivity contribution in [2.75, 3.05) is 11.9 Å². The van der Waals surface area contributed by atoms with Gasteiger partial charge in [-0.25, -0.2) is 9.78 Å². The minimum atomic E-state index is -0.641. The van der Waals surface area contributed by atoms with Gasteiger partial charge < -0.3 is 10.1 Å². The molecule has 1 N–H and O–H groups in total. The Balaban J connectivity index is 2.00. The number of aromatic nitrogens is 1. The normalized spacial score (nSPS) is 10.3. The lowest BCUT2D eigenvalue weighted by molar-refractivity contribution is -0.385. The largest absolute Gasteiger partial charge is 0.451 e. The third kappa shape index (κ3) is 4.58. The molecule has 2 aromatic rings. The van der Waals surface area contributed by atoms with E-state index in [9.17, 15) is 19.7 Å². The van der Waals surface area contributed by atoms with E-state index in [-0.39, 0.29) is 5.69 Å². The molecule has 0 saturated heterocycles. The van der Waals surface area contributed by atoms with Crippen molar-refractivity contribution in [1.29, 1.82) is 0 Å². The number of rotatable bonds is 5. The van der Waals surface area contributed by atoms with Crippen molar-refractivity contribution < 1.29 is 19.2 Å². The van der Waals surface area contributed by atoms with Gasteiger partial charge in [-0.3, -0.25) is 14.9 Å². The number of aryl methyl sites for hydroxylation is 1. The van der Waals surface area contributed by atoms with E-state index < -0.39 is 23.4 Å². The van der Waals surface area contributed by atoms with Gasteiger partial charge in [0.25, 0.3) is 11.6 Å². The Morgan fingerprint density at radius 2 is 2.00 bits per heavy atom. The molecule has 1 heterocycles. The molecule has 0 saturated carbocycles. The number of thiazole rings is 1. The molecule has 11 heteroatoms. The molecule has 1 aromatic carbocycles. The Bertz CT molecular complexity index is 801. The van der Waals surface area contributed by atoms with Crippen LogP contribution in [-0.4, -0.2) is 28.4 Å². The SMILES string of the molecule is Cc1ncc(C(=O)OCC(=O)Nc2c(Br)cc([N+](=O)[O-])cc2Br)s1. The molecule has 0 unspecified atom stereocenters. The maximum absolute atomic E-state index is 11.9. The van der Waals surface area contributed by atoms with Crippen LogP contribution in [0.3, 0.4) is 0 Å². The number of nitrogens with one attached hydrogen (secondary N) is 1. The summed E-state index contributed by atoms with van der Waals surface area (Å²) >= 11 is 7.47. The summed E-state index contributed by atoms with van der Waals surface area (Å²) in [5, 5.41) is 14.0. The first-order valence-corrected chi connectivity index (χ1v) is 8.71. The number of non-ortho nitro benzene ring substituents is 1. The van der Waals surface area contributed by atoms with E-state index in [1.807, 2.05) is 0 Å². The number of anilines is 1. The maximum atomic E-state index is 11.9. The standard InChI is InChI=1S/C13H9Br2N3O5S/c1-6-16-4-10(24-6)13(20)23-5-11(19)17-12-8(14)2-7(18(21)22)3-9(12)15/h2-4H,5H2,1H3,(H,17,19). The number of benzene rings is 1. The average molecular weight is 479 g/mol. The Hall–Kier alpha value is -1.85. The fraction of sp³-hybridized carbons (Fsp3) is 0.154. The molecule has 1 amide bonds. The highest BCUT2D eigenvalue weighted by molar-refractivity contribution is 9.11. The van der Waals surface area contributed by atoms with Crippen molar-refractivity contribution in [3.63, 3.8) is 0 Å². The van der Waals surface area contributed by atoms with Gasteiger partial charge in [0.1, 0.15) is 4.88 Å². The Kier molecular flexibility index (Phi) is 6.02. The second-order valence-corrected chi connectivity index (χ2v) is 7.35. The maximum Gasteiger partial charge on any atom is 0.350 e. The van der Waals surface area contributed by atoms with Crippen LogP contribution in [0.1, 0.15) is 14.7 Å². The number of halogens is 2. The quantitative estimate of drug-likeness (QED) is 0.398. The van der Waals surface area contributed by atoms with E-state index in [2.05, 4.69) is 42.2 Å². The van der Waals surface area contributed by atoms with Gasteiger partial charge in [-0.2, -0.15) is 0 Å². The zero-order valence-electron chi connectivity index (χ0n) is 12.0. The van der Waals surface area contributed by atoms with E-state index in [0.29, 0.717) is 24.5 Å². The number of amides is 1. The number of ether oxygens (including phenoxy) is 1. The van der Waals surface area contributed by atoms with Gasteiger partial charge in [0.15, 0.2) is 6.61 Å². The summed E-state index contributed by atoms with van der Waals surface area (Å²) in [7, 11) is 0. The number of nitro groups is 1. The summed E-state index contributed by atoms with van der Waals surface area (Å²) in [5.74, 6) is -1.22. The highest BCUT2D eigenvalue weighted by Gasteiger charge is 2.17. The van der Waals surface area contributed by atoms with Crippen LogP contribution >= 0.6 is 43.2 Å². The summed E-state index contributed by atoms with van der Waals surface area (Å²) < 4.78 is 5.54. The number of nitrogens with zero attached hydrogens (tertiary/aromatic N) is 2. The van der Waals surface area contributed by atoms with E-state index in [1.54, 1.807) is 6.92 Å². The molecular formula is C13H9Br2N3O5S. The summed E-state index contributed by atoms with van der Waals surface area (Å²) in [4.78, 5) is 38.1. The number of carbonyl (C=O) groups is 2. The Morgan fingerprint density at radius 1 is 1.38 bits per heavy atom. The highest BCUT2D eigenvalue weighted by Crippen LogP contribution is 2.35. The van der Waals surface area contributed by atoms with Gasteiger partial charge in [0, 0.05) is 21.1 Å². The molecule has 1 aromatic heterocycles. The van der Waals surface area contributed by atoms with Gasteiger partial charge in [-0.1, -0.05) is 0 Å². The van der Waals surface area contributed by atoms with Crippen LogP contribution in [-0.2, 0) is 9.53 Å². The molecule has 0 atom stereocenters. The first-order chi connectivity index (χ1) is 11.3. The van der Waals surface area contributed by atoms with Crippen molar-refractivity contribution in [1.82, 2.24) is 4.98 Å². The van der Waals surface area contributed by atoms with Crippen molar-refractivity contribution >= 4 is 66.4 Å². The molecule has 0 aliphatic carbocycles. The monoisotopic (exact) mass is 477 g/mol. The Morgan fingerprint density at radius 3 is 2.50 bits per heavy atom. The second kappa shape index (κ2) is 7.81. The first-order valence-electron chi connectivity index (χ1n) is 6.30. The number of nitro benzene ring substituents is 1. The van der Waals surface area contributed by atoms with E-state index in [1.165, 1.54) is 18.3 Å². The van der Waals surface area contributed by atoms with Gasteiger partial charge in [-0.15, -0.1) is 11.3 Å². The number of esters is 1. The second-order valence-electron chi connectivity index (χ2n) is 4.41. The highest BCUT2D eigenvalue weighted by atomic mass is 79.9. The van der Waals surface area contributed by atoms with Crippen LogP contribution in [0.2, 0.25) is 0 Å². The van der Waals surface area contributed by atoms with E-state index in [4.69, 9.17) is 4.74 Å². The molecule has 2 rings (SSSR count). The molecule has 0 radical (unpaired) electrons. The predicted octanol–water partition coefficient (Wildman–Crippen LogP) is 3.68. The number of carbonyl (C=O) groups excluding carboxylic acids is 2. The number of hydrogen-bond donors (Lipinski definition) is 1. The zero-order valence-corrected chi connectivity index (χ0v) is 16.0. The summed E-state index contributed by atoms with van der Waals surface area (Å²) in [5.41, 5.74) is 0.161. The summed E-state index contributed by atoms with van der Waals surface area (Å²) in [6, 6.07) is 2.51. The fourth-order valence-corrected chi connectivity index (χ4v) is 3.65. The topological polar surface area (TPSA) is 111 Å². The van der Waals surface area contributed by atoms with Crippen LogP contribution in [0.5, 0.6) is 0 Å². The lowest BCUT2D eigenvalue weighted by atomic mass is 10.3. The van der Waals surface area contributed by atoms with Crippen LogP contribution < -0.4 is 5.32 Å². The van der Waals surface area contributed by atoms with Gasteiger partial charge in [-0.05, 0) is 38.8 Å². The van der Waals surface area contributed by atoms with Crippen molar-refractivity contribution in [3.05, 3.63) is 47.3 Å². The van der Waals surface area contributed by atoms with Crippen LogP contribution in [0, 0.1) is 17.0 Å². The van der Waals surface area contributed by atoms with E-state index in [0.717, 1.165) is 11.3 Å². The molecule has 0 spiro atoms. The van der Waals surface area contributed by atoms with Gasteiger partial charge in [0.05, 0.1) is 21.8 Å². The Labute approximate surface area is 156 Å². The molecule has 8 nitrogen and oxygen atoms in total. The summed E-state index contributed by atoms with van der Waals surface area (Å²) in [6.45, 7) is 1.25. The zero-order chi connectivity index (χ0) is 17.9. The molecule has 126 valence electrons. The van der Waals surface area contributed by atoms with Crippen LogP contribution in [0.25, 0.3) is 0 Å². The van der Waals surface area contributed by atoms with Gasteiger partial charge >= 0.3 is 5.97 Å². The van der Waals surface area contributed by atoms with Crippen molar-refractivity contribution in [2.45, 2.75) is 6.92 Å². The molecule has 0 fully saturated rings. The minimum Gasteiger partial charge on any atom is -0.451 e. The molecule has 24 heavy (non-hydrogen) atoms. The van der Waals surface area contributed by atoms with E-state index >= 15 is 0 Å².